The van der Waals surface area contributed by atoms with E-state index in [0.717, 1.165) is 23.3 Å². The molecule has 0 radical (unpaired) electrons. The van der Waals surface area contributed by atoms with Crippen LogP contribution in [0.4, 0.5) is 5.82 Å². The number of aromatic nitrogens is 2. The van der Waals surface area contributed by atoms with E-state index in [0.29, 0.717) is 11.8 Å². The Hall–Kier alpha value is -1.82. The summed E-state index contributed by atoms with van der Waals surface area (Å²) >= 11 is 1.31. The molecular formula is C15H19N3O2S. The monoisotopic (exact) mass is 305 g/mol. The van der Waals surface area contributed by atoms with Gasteiger partial charge in [0.15, 0.2) is 5.16 Å². The van der Waals surface area contributed by atoms with Gasteiger partial charge in [-0.05, 0) is 32.9 Å². The van der Waals surface area contributed by atoms with E-state index in [9.17, 15) is 4.79 Å². The number of fused-ring (bicyclic) bond motifs is 1. The van der Waals surface area contributed by atoms with Crippen molar-refractivity contribution in [2.24, 2.45) is 0 Å². The standard InChI is InChI=1S/C15H19N3O2S/c1-4-16-13-11-8-6-7-9-12(11)17-15(18-13)21-10(3)14(19)20-5-2/h6-10H,4-5H2,1-3H3,(H,16,17,18). The number of carbonyl (C=O) groups excluding carboxylic acids is 1. The highest BCUT2D eigenvalue weighted by Gasteiger charge is 2.18. The molecule has 1 N–H and O–H groups in total. The van der Waals surface area contributed by atoms with Crippen LogP contribution < -0.4 is 5.32 Å². The molecule has 0 saturated heterocycles. The molecule has 0 aliphatic rings. The largest absolute Gasteiger partial charge is 0.465 e. The highest BCUT2D eigenvalue weighted by atomic mass is 32.2. The van der Waals surface area contributed by atoms with Gasteiger partial charge < -0.3 is 10.1 Å². The number of thioether (sulfide) groups is 1. The van der Waals surface area contributed by atoms with Crippen LogP contribution in [0.1, 0.15) is 20.8 Å². The van der Waals surface area contributed by atoms with Crippen molar-refractivity contribution in [3.63, 3.8) is 0 Å². The number of benzene rings is 1. The summed E-state index contributed by atoms with van der Waals surface area (Å²) < 4.78 is 5.01. The van der Waals surface area contributed by atoms with Crippen molar-refractivity contribution in [1.82, 2.24) is 9.97 Å². The van der Waals surface area contributed by atoms with E-state index in [2.05, 4.69) is 15.3 Å². The first-order valence-electron chi connectivity index (χ1n) is 6.99. The van der Waals surface area contributed by atoms with Crippen molar-refractivity contribution in [1.29, 1.82) is 0 Å². The van der Waals surface area contributed by atoms with E-state index in [1.807, 2.05) is 31.2 Å². The minimum Gasteiger partial charge on any atom is -0.465 e. The molecular weight excluding hydrogens is 286 g/mol. The van der Waals surface area contributed by atoms with Gasteiger partial charge in [0.05, 0.1) is 12.1 Å². The number of carbonyl (C=O) groups is 1. The lowest BCUT2D eigenvalue weighted by Crippen LogP contribution is -2.17. The summed E-state index contributed by atoms with van der Waals surface area (Å²) in [6, 6.07) is 7.82. The molecule has 2 rings (SSSR count). The Bertz CT molecular complexity index is 633. The molecule has 0 amide bonds. The molecule has 1 aromatic carbocycles. The second kappa shape index (κ2) is 7.26. The second-order valence-corrected chi connectivity index (χ2v) is 5.72. The minimum absolute atomic E-state index is 0.246. The Kier molecular flexibility index (Phi) is 5.38. The summed E-state index contributed by atoms with van der Waals surface area (Å²) in [5.74, 6) is 0.547. The molecule has 0 bridgehead atoms. The number of hydrogen-bond acceptors (Lipinski definition) is 6. The maximum Gasteiger partial charge on any atom is 0.319 e. The van der Waals surface area contributed by atoms with Crippen LogP contribution in [0.5, 0.6) is 0 Å². The first-order valence-corrected chi connectivity index (χ1v) is 7.87. The van der Waals surface area contributed by atoms with Gasteiger partial charge in [-0.25, -0.2) is 9.97 Å². The molecule has 1 unspecified atom stereocenters. The van der Waals surface area contributed by atoms with Crippen LogP contribution >= 0.6 is 11.8 Å². The Balaban J connectivity index is 2.29. The molecule has 5 nitrogen and oxygen atoms in total. The fourth-order valence-corrected chi connectivity index (χ4v) is 2.65. The van der Waals surface area contributed by atoms with Crippen LogP contribution in [0.15, 0.2) is 29.4 Å². The van der Waals surface area contributed by atoms with Crippen LogP contribution in [-0.4, -0.2) is 34.3 Å². The Labute approximate surface area is 128 Å². The summed E-state index contributed by atoms with van der Waals surface area (Å²) in [4.78, 5) is 20.7. The quantitative estimate of drug-likeness (QED) is 0.502. The van der Waals surface area contributed by atoms with E-state index in [4.69, 9.17) is 4.74 Å². The molecule has 0 aliphatic carbocycles. The number of para-hydroxylation sites is 1. The molecule has 1 heterocycles. The Morgan fingerprint density at radius 3 is 2.81 bits per heavy atom. The lowest BCUT2D eigenvalue weighted by atomic mass is 10.2. The van der Waals surface area contributed by atoms with Crippen LogP contribution in [0.25, 0.3) is 10.9 Å². The molecule has 0 spiro atoms. The first kappa shape index (κ1) is 15.6. The fourth-order valence-electron chi connectivity index (χ4n) is 1.88. The summed E-state index contributed by atoms with van der Waals surface area (Å²) in [5.41, 5.74) is 0.863. The van der Waals surface area contributed by atoms with Gasteiger partial charge in [-0.2, -0.15) is 0 Å². The number of rotatable bonds is 6. The topological polar surface area (TPSA) is 64.1 Å². The molecule has 2 aromatic rings. The predicted molar refractivity (Wildman–Crippen MR) is 85.7 cm³/mol. The van der Waals surface area contributed by atoms with Crippen molar-refractivity contribution < 1.29 is 9.53 Å². The van der Waals surface area contributed by atoms with E-state index < -0.39 is 0 Å². The highest BCUT2D eigenvalue weighted by molar-refractivity contribution is 8.00. The third kappa shape index (κ3) is 3.85. The molecule has 0 fully saturated rings. The summed E-state index contributed by atoms with van der Waals surface area (Å²) in [5, 5.41) is 4.46. The van der Waals surface area contributed by atoms with Gasteiger partial charge in [0.1, 0.15) is 11.1 Å². The second-order valence-electron chi connectivity index (χ2n) is 4.41. The smallest absolute Gasteiger partial charge is 0.319 e. The van der Waals surface area contributed by atoms with Crippen LogP contribution in [0.3, 0.4) is 0 Å². The lowest BCUT2D eigenvalue weighted by molar-refractivity contribution is -0.142. The van der Waals surface area contributed by atoms with Crippen molar-refractivity contribution in [2.75, 3.05) is 18.5 Å². The first-order chi connectivity index (χ1) is 10.2. The van der Waals surface area contributed by atoms with Gasteiger partial charge in [0, 0.05) is 11.9 Å². The van der Waals surface area contributed by atoms with Gasteiger partial charge in [0.25, 0.3) is 0 Å². The fraction of sp³-hybridized carbons (Fsp3) is 0.400. The van der Waals surface area contributed by atoms with Crippen LogP contribution in [0.2, 0.25) is 0 Å². The third-order valence-electron chi connectivity index (χ3n) is 2.83. The minimum atomic E-state index is -0.333. The van der Waals surface area contributed by atoms with Crippen molar-refractivity contribution in [3.05, 3.63) is 24.3 Å². The number of hydrogen-bond donors (Lipinski definition) is 1. The normalized spacial score (nSPS) is 12.1. The van der Waals surface area contributed by atoms with E-state index >= 15 is 0 Å². The zero-order valence-electron chi connectivity index (χ0n) is 12.4. The molecule has 0 saturated carbocycles. The molecule has 112 valence electrons. The van der Waals surface area contributed by atoms with Gasteiger partial charge >= 0.3 is 5.97 Å². The van der Waals surface area contributed by atoms with Crippen molar-refractivity contribution in [3.8, 4) is 0 Å². The Morgan fingerprint density at radius 2 is 2.10 bits per heavy atom. The van der Waals surface area contributed by atoms with E-state index in [1.165, 1.54) is 11.8 Å². The maximum atomic E-state index is 11.7. The van der Waals surface area contributed by atoms with Crippen molar-refractivity contribution in [2.45, 2.75) is 31.2 Å². The number of nitrogens with zero attached hydrogens (tertiary/aromatic N) is 2. The molecule has 6 heteroatoms. The maximum absolute atomic E-state index is 11.7. The van der Waals surface area contributed by atoms with Gasteiger partial charge in [-0.1, -0.05) is 23.9 Å². The lowest BCUT2D eigenvalue weighted by Gasteiger charge is -2.12. The average Bonchev–Trinajstić information content (AvgIpc) is 2.48. The average molecular weight is 305 g/mol. The molecule has 1 aromatic heterocycles. The van der Waals surface area contributed by atoms with E-state index in [-0.39, 0.29) is 11.2 Å². The zero-order chi connectivity index (χ0) is 15.2. The van der Waals surface area contributed by atoms with E-state index in [1.54, 1.807) is 13.8 Å². The highest BCUT2D eigenvalue weighted by Crippen LogP contribution is 2.26. The number of ether oxygens (including phenoxy) is 1. The zero-order valence-corrected chi connectivity index (χ0v) is 13.2. The number of anilines is 1. The predicted octanol–water partition coefficient (Wildman–Crippen LogP) is 3.11. The van der Waals surface area contributed by atoms with Gasteiger partial charge in [-0.15, -0.1) is 0 Å². The van der Waals surface area contributed by atoms with Gasteiger partial charge in [0.2, 0.25) is 0 Å². The molecule has 21 heavy (non-hydrogen) atoms. The summed E-state index contributed by atoms with van der Waals surface area (Å²) in [7, 11) is 0. The van der Waals surface area contributed by atoms with Crippen LogP contribution in [-0.2, 0) is 9.53 Å². The van der Waals surface area contributed by atoms with Crippen LogP contribution in [0, 0.1) is 0 Å². The molecule has 0 aliphatic heterocycles. The van der Waals surface area contributed by atoms with Crippen molar-refractivity contribution >= 4 is 34.5 Å². The number of nitrogens with one attached hydrogen (secondary N) is 1. The molecule has 1 atom stereocenters. The Morgan fingerprint density at radius 1 is 1.33 bits per heavy atom. The SMILES string of the molecule is CCNc1nc(SC(C)C(=O)OCC)nc2ccccc12. The summed E-state index contributed by atoms with van der Waals surface area (Å²) in [6.45, 7) is 6.77. The van der Waals surface area contributed by atoms with Gasteiger partial charge in [-0.3, -0.25) is 4.79 Å². The number of esters is 1. The summed E-state index contributed by atoms with van der Waals surface area (Å²) in [6.07, 6.45) is 0. The third-order valence-corrected chi connectivity index (χ3v) is 3.77.